The molecule has 1 amide bonds. The van der Waals surface area contributed by atoms with Gasteiger partial charge in [0.1, 0.15) is 5.75 Å². The fourth-order valence-corrected chi connectivity index (χ4v) is 2.08. The monoisotopic (exact) mass is 342 g/mol. The van der Waals surface area contributed by atoms with Crippen LogP contribution >= 0.6 is 11.6 Å². The van der Waals surface area contributed by atoms with Crippen molar-refractivity contribution in [2.24, 2.45) is 5.73 Å². The van der Waals surface area contributed by atoms with Gasteiger partial charge in [-0.3, -0.25) is 9.78 Å². The van der Waals surface area contributed by atoms with Gasteiger partial charge in [0.15, 0.2) is 0 Å². The topological polar surface area (TPSA) is 112 Å². The molecule has 2 aromatic rings. The zero-order valence-corrected chi connectivity index (χ0v) is 13.3. The van der Waals surface area contributed by atoms with E-state index in [4.69, 9.17) is 22.7 Å². The van der Waals surface area contributed by atoms with Crippen LogP contribution in [0.25, 0.3) is 11.6 Å². The standard InChI is InChI=1S/C17H15ClN4O2/c18-15-3-2-13(7-16(15)23)22-17(24)4-1-11-10-21-6-5-14(11)12(8-19)9-20/h1-10,19,23H,20H2,(H,22,24)/b4-1+,12-9+,19-8?. The van der Waals surface area contributed by atoms with E-state index in [-0.39, 0.29) is 16.7 Å². The lowest BCUT2D eigenvalue weighted by Crippen LogP contribution is -2.07. The molecule has 7 heteroatoms. The molecule has 0 aliphatic carbocycles. The van der Waals surface area contributed by atoms with Gasteiger partial charge in [-0.1, -0.05) is 11.6 Å². The molecule has 1 heterocycles. The van der Waals surface area contributed by atoms with Crippen molar-refractivity contribution in [3.8, 4) is 5.75 Å². The molecule has 0 aliphatic heterocycles. The van der Waals surface area contributed by atoms with Gasteiger partial charge in [0.05, 0.1) is 5.02 Å². The van der Waals surface area contributed by atoms with Crippen LogP contribution in [0.4, 0.5) is 5.69 Å². The maximum absolute atomic E-state index is 12.0. The number of aromatic hydroxyl groups is 1. The largest absolute Gasteiger partial charge is 0.506 e. The van der Waals surface area contributed by atoms with Crippen molar-refractivity contribution >= 4 is 41.1 Å². The molecule has 0 fully saturated rings. The van der Waals surface area contributed by atoms with Gasteiger partial charge < -0.3 is 21.6 Å². The fourth-order valence-electron chi connectivity index (χ4n) is 1.96. The third-order valence-corrected chi connectivity index (χ3v) is 3.45. The van der Waals surface area contributed by atoms with Crippen molar-refractivity contribution in [2.75, 3.05) is 5.32 Å². The Balaban J connectivity index is 2.17. The number of amides is 1. The molecule has 5 N–H and O–H groups in total. The van der Waals surface area contributed by atoms with E-state index < -0.39 is 0 Å². The number of carbonyl (C=O) groups excluding carboxylic acids is 1. The minimum atomic E-state index is -0.389. The molecule has 122 valence electrons. The van der Waals surface area contributed by atoms with E-state index in [9.17, 15) is 9.90 Å². The van der Waals surface area contributed by atoms with E-state index in [1.54, 1.807) is 30.6 Å². The van der Waals surface area contributed by atoms with Gasteiger partial charge >= 0.3 is 0 Å². The number of nitrogens with two attached hydrogens (primary N) is 1. The first-order chi connectivity index (χ1) is 11.5. The molecule has 6 nitrogen and oxygen atoms in total. The highest BCUT2D eigenvalue weighted by molar-refractivity contribution is 6.32. The molecule has 1 aromatic carbocycles. The first kappa shape index (κ1) is 17.2. The third-order valence-electron chi connectivity index (χ3n) is 3.13. The smallest absolute Gasteiger partial charge is 0.248 e. The Morgan fingerprint density at radius 3 is 2.83 bits per heavy atom. The number of aromatic nitrogens is 1. The van der Waals surface area contributed by atoms with E-state index in [1.165, 1.54) is 24.4 Å². The third kappa shape index (κ3) is 4.21. The Kier molecular flexibility index (Phi) is 5.70. The molecule has 24 heavy (non-hydrogen) atoms. The lowest BCUT2D eigenvalue weighted by Gasteiger charge is -2.06. The van der Waals surface area contributed by atoms with E-state index >= 15 is 0 Å². The van der Waals surface area contributed by atoms with E-state index in [1.807, 2.05) is 0 Å². The number of phenolic OH excluding ortho intramolecular Hbond substituents is 1. The number of pyridine rings is 1. The van der Waals surface area contributed by atoms with Crippen molar-refractivity contribution in [2.45, 2.75) is 0 Å². The average Bonchev–Trinajstić information content (AvgIpc) is 2.58. The van der Waals surface area contributed by atoms with Crippen LogP contribution in [0.15, 0.2) is 48.9 Å². The van der Waals surface area contributed by atoms with Crippen LogP contribution in [-0.2, 0) is 4.79 Å². The SMILES string of the molecule is N=C/C(=C\N)c1ccncc1/C=C/C(=O)Nc1ccc(Cl)c(O)c1. The molecule has 0 atom stereocenters. The predicted molar refractivity (Wildman–Crippen MR) is 96.0 cm³/mol. The summed E-state index contributed by atoms with van der Waals surface area (Å²) >= 11 is 5.72. The molecule has 2 rings (SSSR count). The summed E-state index contributed by atoms with van der Waals surface area (Å²) in [5.41, 5.74) is 7.76. The Hall–Kier alpha value is -3.12. The number of allylic oxidation sites excluding steroid dienone is 1. The number of anilines is 1. The van der Waals surface area contributed by atoms with E-state index in [0.29, 0.717) is 22.4 Å². The quantitative estimate of drug-likeness (QED) is 0.494. The van der Waals surface area contributed by atoms with Gasteiger partial charge in [-0.2, -0.15) is 0 Å². The fraction of sp³-hybridized carbons (Fsp3) is 0. The first-order valence-corrected chi connectivity index (χ1v) is 7.27. The molecule has 0 aliphatic rings. The number of hydrogen-bond acceptors (Lipinski definition) is 5. The lowest BCUT2D eigenvalue weighted by atomic mass is 10.0. The summed E-state index contributed by atoms with van der Waals surface area (Å²) in [6.45, 7) is 0. The van der Waals surface area contributed by atoms with Crippen LogP contribution in [0.2, 0.25) is 5.02 Å². The van der Waals surface area contributed by atoms with E-state index in [2.05, 4.69) is 10.3 Å². The maximum atomic E-state index is 12.0. The van der Waals surface area contributed by atoms with Gasteiger partial charge in [0.2, 0.25) is 5.91 Å². The number of carbonyl (C=O) groups is 1. The number of nitrogens with one attached hydrogen (secondary N) is 2. The van der Waals surface area contributed by atoms with Gasteiger partial charge in [-0.05, 0) is 29.8 Å². The second-order valence-corrected chi connectivity index (χ2v) is 5.13. The lowest BCUT2D eigenvalue weighted by molar-refractivity contribution is -0.111. The zero-order valence-electron chi connectivity index (χ0n) is 12.5. The number of phenols is 1. The predicted octanol–water partition coefficient (Wildman–Crippen LogP) is 3.04. The summed E-state index contributed by atoms with van der Waals surface area (Å²) in [5.74, 6) is -0.503. The Bertz CT molecular complexity index is 831. The Morgan fingerprint density at radius 2 is 2.17 bits per heavy atom. The van der Waals surface area contributed by atoms with Crippen molar-refractivity contribution in [1.29, 1.82) is 5.41 Å². The summed E-state index contributed by atoms with van der Waals surface area (Å²) in [5, 5.41) is 19.7. The van der Waals surface area contributed by atoms with Crippen molar-refractivity contribution in [3.05, 3.63) is 65.1 Å². The number of hydrogen-bond donors (Lipinski definition) is 4. The minimum Gasteiger partial charge on any atom is -0.506 e. The van der Waals surface area contributed by atoms with Crippen LogP contribution in [0.3, 0.4) is 0 Å². The summed E-state index contributed by atoms with van der Waals surface area (Å²) < 4.78 is 0. The Morgan fingerprint density at radius 1 is 1.38 bits per heavy atom. The Labute approximate surface area is 143 Å². The summed E-state index contributed by atoms with van der Waals surface area (Å²) in [6, 6.07) is 6.12. The van der Waals surface area contributed by atoms with Crippen LogP contribution in [0.5, 0.6) is 5.75 Å². The number of rotatable bonds is 5. The highest BCUT2D eigenvalue weighted by Gasteiger charge is 2.05. The first-order valence-electron chi connectivity index (χ1n) is 6.89. The average molecular weight is 343 g/mol. The molecule has 0 unspecified atom stereocenters. The van der Waals surface area contributed by atoms with Gasteiger partial charge in [-0.25, -0.2) is 0 Å². The molecular formula is C17H15ClN4O2. The molecule has 0 radical (unpaired) electrons. The molecule has 0 saturated carbocycles. The van der Waals surface area contributed by atoms with Crippen LogP contribution in [-0.4, -0.2) is 22.2 Å². The van der Waals surface area contributed by atoms with Crippen LogP contribution < -0.4 is 11.1 Å². The highest BCUT2D eigenvalue weighted by atomic mass is 35.5. The highest BCUT2D eigenvalue weighted by Crippen LogP contribution is 2.26. The summed E-state index contributed by atoms with van der Waals surface area (Å²) in [7, 11) is 0. The van der Waals surface area contributed by atoms with Crippen molar-refractivity contribution < 1.29 is 9.90 Å². The molecule has 0 saturated heterocycles. The summed E-state index contributed by atoms with van der Waals surface area (Å²) in [6.07, 6.45) is 8.49. The van der Waals surface area contributed by atoms with Crippen molar-refractivity contribution in [1.82, 2.24) is 4.98 Å². The second kappa shape index (κ2) is 7.94. The van der Waals surface area contributed by atoms with Crippen LogP contribution in [0, 0.1) is 5.41 Å². The maximum Gasteiger partial charge on any atom is 0.248 e. The molecule has 0 spiro atoms. The van der Waals surface area contributed by atoms with Gasteiger partial charge in [0.25, 0.3) is 0 Å². The molecule has 0 bridgehead atoms. The number of halogens is 1. The minimum absolute atomic E-state index is 0.114. The van der Waals surface area contributed by atoms with Gasteiger partial charge in [-0.15, -0.1) is 0 Å². The molecular weight excluding hydrogens is 328 g/mol. The van der Waals surface area contributed by atoms with Crippen LogP contribution in [0.1, 0.15) is 11.1 Å². The normalized spacial score (nSPS) is 11.5. The number of nitrogens with zero attached hydrogens (tertiary/aromatic N) is 1. The zero-order chi connectivity index (χ0) is 17.5. The van der Waals surface area contributed by atoms with Gasteiger partial charge in [0, 0.05) is 53.8 Å². The van der Waals surface area contributed by atoms with Crippen molar-refractivity contribution in [3.63, 3.8) is 0 Å². The molecule has 1 aromatic heterocycles. The second-order valence-electron chi connectivity index (χ2n) is 4.72. The number of benzene rings is 1. The summed E-state index contributed by atoms with van der Waals surface area (Å²) in [4.78, 5) is 16.0. The van der Waals surface area contributed by atoms with E-state index in [0.717, 1.165) is 6.21 Å².